The Morgan fingerprint density at radius 2 is 1.86 bits per heavy atom. The number of benzene rings is 1. The van der Waals surface area contributed by atoms with E-state index >= 15 is 0 Å². The van der Waals surface area contributed by atoms with Crippen LogP contribution in [-0.2, 0) is 0 Å². The van der Waals surface area contributed by atoms with Crippen LogP contribution in [-0.4, -0.2) is 67.7 Å². The molecule has 1 saturated heterocycles. The molecule has 0 spiro atoms. The number of methoxy groups -OCH3 is 2. The molecular weight excluding hydrogens is 358 g/mol. The monoisotopic (exact) mass is 385 g/mol. The van der Waals surface area contributed by atoms with Crippen molar-refractivity contribution >= 4 is 17.4 Å². The smallest absolute Gasteiger partial charge is 0.274 e. The Morgan fingerprint density at radius 3 is 2.50 bits per heavy atom. The van der Waals surface area contributed by atoms with Crippen molar-refractivity contribution < 1.29 is 14.3 Å². The van der Waals surface area contributed by atoms with Gasteiger partial charge in [0.2, 0.25) is 0 Å². The van der Waals surface area contributed by atoms with Crippen molar-refractivity contribution in [2.45, 2.75) is 13.8 Å². The number of anilines is 2. The maximum atomic E-state index is 12.8. The molecule has 8 heteroatoms. The molecule has 2 heterocycles. The highest BCUT2D eigenvalue weighted by molar-refractivity contribution is 6.04. The topological polar surface area (TPSA) is 79.8 Å². The minimum atomic E-state index is -0.314. The largest absolute Gasteiger partial charge is 0.497 e. The van der Waals surface area contributed by atoms with E-state index in [1.807, 2.05) is 0 Å². The van der Waals surface area contributed by atoms with Crippen LogP contribution < -0.4 is 19.7 Å². The Labute approximate surface area is 165 Å². The van der Waals surface area contributed by atoms with E-state index in [1.54, 1.807) is 45.4 Å². The highest BCUT2D eigenvalue weighted by Gasteiger charge is 2.20. The van der Waals surface area contributed by atoms with Crippen LogP contribution in [0.3, 0.4) is 0 Å². The second-order valence-corrected chi connectivity index (χ2v) is 6.60. The molecule has 1 amide bonds. The quantitative estimate of drug-likeness (QED) is 0.816. The highest BCUT2D eigenvalue weighted by Crippen LogP contribution is 2.29. The summed E-state index contributed by atoms with van der Waals surface area (Å²) in [6.45, 7) is 8.76. The van der Waals surface area contributed by atoms with Crippen molar-refractivity contribution in [3.63, 3.8) is 0 Å². The first kappa shape index (κ1) is 19.9. The molecule has 0 saturated carbocycles. The predicted molar refractivity (Wildman–Crippen MR) is 109 cm³/mol. The Kier molecular flexibility index (Phi) is 6.30. The van der Waals surface area contributed by atoms with E-state index < -0.39 is 0 Å². The number of nitrogens with zero attached hydrogens (tertiary/aromatic N) is 4. The Hall–Kier alpha value is -2.87. The molecule has 28 heavy (non-hydrogen) atoms. The number of likely N-dealkylation sites (N-methyl/N-ethyl adjacent to an activating group) is 1. The maximum Gasteiger partial charge on any atom is 0.274 e. The lowest BCUT2D eigenvalue weighted by molar-refractivity contribution is 0.102. The zero-order valence-electron chi connectivity index (χ0n) is 16.9. The standard InChI is InChI=1S/C20H27N5O3/c1-5-24-8-10-25(11-9-24)19-13-17(21-14(2)22-19)20(26)23-16-12-15(27-3)6-7-18(16)28-4/h6-7,12-13H,5,8-11H2,1-4H3,(H,23,26). The van der Waals surface area contributed by atoms with Crippen LogP contribution in [0, 0.1) is 6.92 Å². The molecule has 0 bridgehead atoms. The van der Waals surface area contributed by atoms with Crippen molar-refractivity contribution in [2.75, 3.05) is 57.2 Å². The molecule has 1 N–H and O–H groups in total. The molecule has 2 aromatic rings. The van der Waals surface area contributed by atoms with Gasteiger partial charge in [-0.05, 0) is 25.6 Å². The van der Waals surface area contributed by atoms with E-state index in [9.17, 15) is 4.79 Å². The number of rotatable bonds is 6. The van der Waals surface area contributed by atoms with Crippen LogP contribution >= 0.6 is 0 Å². The fourth-order valence-corrected chi connectivity index (χ4v) is 3.22. The molecule has 1 fully saturated rings. The zero-order chi connectivity index (χ0) is 20.1. The average Bonchev–Trinajstić information content (AvgIpc) is 2.73. The van der Waals surface area contributed by atoms with Gasteiger partial charge in [-0.15, -0.1) is 0 Å². The van der Waals surface area contributed by atoms with E-state index in [0.717, 1.165) is 38.5 Å². The zero-order valence-corrected chi connectivity index (χ0v) is 16.9. The van der Waals surface area contributed by atoms with Crippen molar-refractivity contribution in [1.82, 2.24) is 14.9 Å². The van der Waals surface area contributed by atoms with Crippen LogP contribution in [0.25, 0.3) is 0 Å². The van der Waals surface area contributed by atoms with Crippen molar-refractivity contribution in [2.24, 2.45) is 0 Å². The van der Waals surface area contributed by atoms with Crippen molar-refractivity contribution in [1.29, 1.82) is 0 Å². The second-order valence-electron chi connectivity index (χ2n) is 6.60. The molecule has 0 unspecified atom stereocenters. The summed E-state index contributed by atoms with van der Waals surface area (Å²) >= 11 is 0. The van der Waals surface area contributed by atoms with Gasteiger partial charge in [0.1, 0.15) is 28.8 Å². The van der Waals surface area contributed by atoms with Gasteiger partial charge >= 0.3 is 0 Å². The van der Waals surface area contributed by atoms with Gasteiger partial charge in [0.25, 0.3) is 5.91 Å². The van der Waals surface area contributed by atoms with Crippen LogP contribution in [0.2, 0.25) is 0 Å². The minimum Gasteiger partial charge on any atom is -0.497 e. The number of hydrogen-bond acceptors (Lipinski definition) is 7. The Bertz CT molecular complexity index is 835. The number of nitrogens with one attached hydrogen (secondary N) is 1. The molecule has 8 nitrogen and oxygen atoms in total. The summed E-state index contributed by atoms with van der Waals surface area (Å²) in [5.74, 6) is 2.22. The first-order valence-corrected chi connectivity index (χ1v) is 9.40. The van der Waals surface area contributed by atoms with E-state index in [1.165, 1.54) is 0 Å². The van der Waals surface area contributed by atoms with E-state index in [2.05, 4.69) is 32.0 Å². The lowest BCUT2D eigenvalue weighted by Gasteiger charge is -2.34. The van der Waals surface area contributed by atoms with Gasteiger partial charge in [0.15, 0.2) is 0 Å². The van der Waals surface area contributed by atoms with Gasteiger partial charge < -0.3 is 24.6 Å². The number of ether oxygens (including phenoxy) is 2. The summed E-state index contributed by atoms with van der Waals surface area (Å²) in [4.78, 5) is 26.3. The average molecular weight is 385 g/mol. The van der Waals surface area contributed by atoms with Crippen LogP contribution in [0.4, 0.5) is 11.5 Å². The van der Waals surface area contributed by atoms with Crippen LogP contribution in [0.1, 0.15) is 23.2 Å². The third-order valence-electron chi connectivity index (χ3n) is 4.86. The number of carbonyl (C=O) groups is 1. The number of aryl methyl sites for hydroxylation is 1. The summed E-state index contributed by atoms with van der Waals surface area (Å²) in [5, 5.41) is 2.87. The molecule has 1 aliphatic rings. The fourth-order valence-electron chi connectivity index (χ4n) is 3.22. The van der Waals surface area contributed by atoms with Crippen molar-refractivity contribution in [3.05, 3.63) is 35.8 Å². The number of hydrogen-bond donors (Lipinski definition) is 1. The van der Waals surface area contributed by atoms with Gasteiger partial charge in [-0.2, -0.15) is 0 Å². The third-order valence-corrected chi connectivity index (χ3v) is 4.86. The number of piperazine rings is 1. The summed E-state index contributed by atoms with van der Waals surface area (Å²) in [5.41, 5.74) is 0.853. The van der Waals surface area contributed by atoms with Gasteiger partial charge in [0.05, 0.1) is 19.9 Å². The third kappa shape index (κ3) is 4.51. The molecule has 150 valence electrons. The van der Waals surface area contributed by atoms with E-state index in [0.29, 0.717) is 28.7 Å². The molecule has 3 rings (SSSR count). The lowest BCUT2D eigenvalue weighted by Crippen LogP contribution is -2.46. The normalized spacial score (nSPS) is 14.6. The summed E-state index contributed by atoms with van der Waals surface area (Å²) < 4.78 is 10.6. The molecule has 0 atom stereocenters. The van der Waals surface area contributed by atoms with E-state index in [4.69, 9.17) is 9.47 Å². The fraction of sp³-hybridized carbons (Fsp3) is 0.450. The molecular formula is C20H27N5O3. The molecule has 1 aromatic carbocycles. The summed E-state index contributed by atoms with van der Waals surface area (Å²) in [7, 11) is 3.13. The van der Waals surface area contributed by atoms with Gasteiger partial charge in [0, 0.05) is 38.3 Å². The second kappa shape index (κ2) is 8.88. The summed E-state index contributed by atoms with van der Waals surface area (Å²) in [6.07, 6.45) is 0. The summed E-state index contributed by atoms with van der Waals surface area (Å²) in [6, 6.07) is 6.99. The number of carbonyl (C=O) groups excluding carboxylic acids is 1. The number of amides is 1. The minimum absolute atomic E-state index is 0.314. The van der Waals surface area contributed by atoms with Crippen LogP contribution in [0.5, 0.6) is 11.5 Å². The highest BCUT2D eigenvalue weighted by atomic mass is 16.5. The lowest BCUT2D eigenvalue weighted by atomic mass is 10.2. The molecule has 0 radical (unpaired) electrons. The predicted octanol–water partition coefficient (Wildman–Crippen LogP) is 2.20. The molecule has 1 aromatic heterocycles. The van der Waals surface area contributed by atoms with Gasteiger partial charge in [-0.25, -0.2) is 9.97 Å². The Balaban J connectivity index is 1.80. The Morgan fingerprint density at radius 1 is 1.11 bits per heavy atom. The van der Waals surface area contributed by atoms with Crippen LogP contribution in [0.15, 0.2) is 24.3 Å². The molecule has 0 aliphatic carbocycles. The SMILES string of the molecule is CCN1CCN(c2cc(C(=O)Nc3cc(OC)ccc3OC)nc(C)n2)CC1. The van der Waals surface area contributed by atoms with Gasteiger partial charge in [-0.1, -0.05) is 6.92 Å². The maximum absolute atomic E-state index is 12.8. The number of aromatic nitrogens is 2. The van der Waals surface area contributed by atoms with Crippen molar-refractivity contribution in [3.8, 4) is 11.5 Å². The molecule has 1 aliphatic heterocycles. The van der Waals surface area contributed by atoms with Gasteiger partial charge in [-0.3, -0.25) is 4.79 Å². The first-order chi connectivity index (χ1) is 13.5. The van der Waals surface area contributed by atoms with E-state index in [-0.39, 0.29) is 5.91 Å². The first-order valence-electron chi connectivity index (χ1n) is 9.40.